The Morgan fingerprint density at radius 1 is 1.10 bits per heavy atom. The third-order valence-electron chi connectivity index (χ3n) is 9.78. The van der Waals surface area contributed by atoms with Crippen molar-refractivity contribution >= 4 is 23.1 Å². The lowest BCUT2D eigenvalue weighted by Crippen LogP contribution is -2.32. The summed E-state index contributed by atoms with van der Waals surface area (Å²) in [7, 11) is 0. The van der Waals surface area contributed by atoms with Crippen LogP contribution in [-0.2, 0) is 16.8 Å². The third kappa shape index (κ3) is 4.60. The van der Waals surface area contributed by atoms with Crippen molar-refractivity contribution in [3.05, 3.63) is 47.3 Å². The number of hydrogen-bond donors (Lipinski definition) is 3. The highest BCUT2D eigenvalue weighted by Gasteiger charge is 2.50. The second kappa shape index (κ2) is 9.98. The summed E-state index contributed by atoms with van der Waals surface area (Å²) in [4.78, 5) is 31.8. The van der Waals surface area contributed by atoms with Gasteiger partial charge in [-0.05, 0) is 80.9 Å². The van der Waals surface area contributed by atoms with Gasteiger partial charge in [-0.25, -0.2) is 24.1 Å². The van der Waals surface area contributed by atoms with Gasteiger partial charge in [0.2, 0.25) is 0 Å². The minimum atomic E-state index is -0.656. The topological polar surface area (TPSA) is 106 Å². The van der Waals surface area contributed by atoms with Crippen molar-refractivity contribution in [3.63, 3.8) is 0 Å². The number of carbonyl (C=O) groups is 1. The van der Waals surface area contributed by atoms with Crippen LogP contribution >= 0.6 is 0 Å². The molecule has 1 aliphatic heterocycles. The maximum Gasteiger partial charge on any atom is 0.427 e. The van der Waals surface area contributed by atoms with Gasteiger partial charge in [-0.2, -0.15) is 0 Å². The van der Waals surface area contributed by atoms with Crippen molar-refractivity contribution in [3.8, 4) is 0 Å². The molecule has 10 heteroatoms. The number of anilines is 1. The number of amides is 1. The zero-order valence-electron chi connectivity index (χ0n) is 23.3. The molecule has 212 valence electrons. The summed E-state index contributed by atoms with van der Waals surface area (Å²) in [5.41, 5.74) is 5.05. The molecule has 3 saturated carbocycles. The number of hydrogen-bond acceptors (Lipinski definition) is 7. The molecule has 2 atom stereocenters. The molecule has 0 bridgehead atoms. The summed E-state index contributed by atoms with van der Waals surface area (Å²) < 4.78 is 16.3. The number of halogens is 1. The first-order chi connectivity index (χ1) is 19.4. The van der Waals surface area contributed by atoms with Crippen LogP contribution in [0.5, 0.6) is 0 Å². The molecular weight excluding hydrogens is 509 g/mol. The summed E-state index contributed by atoms with van der Waals surface area (Å²) >= 11 is 0. The summed E-state index contributed by atoms with van der Waals surface area (Å²) in [6.07, 6.45) is 9.26. The SMILES string of the molecule is CC1CCC(Cn2c(C3(c4ccc(F)cc4)CC3)nc3nc(C4NOC(=O)N4)nc(N[C@H](C)C4CCC4)c32)CC1. The molecule has 3 heterocycles. The molecule has 3 aromatic rings. The van der Waals surface area contributed by atoms with Crippen LogP contribution in [0.1, 0.15) is 95.0 Å². The van der Waals surface area contributed by atoms with Crippen molar-refractivity contribution < 1.29 is 14.0 Å². The third-order valence-corrected chi connectivity index (χ3v) is 9.78. The van der Waals surface area contributed by atoms with Crippen molar-refractivity contribution in [1.82, 2.24) is 30.3 Å². The second-order valence-electron chi connectivity index (χ2n) is 12.6. The van der Waals surface area contributed by atoms with Gasteiger partial charge in [-0.15, -0.1) is 5.48 Å². The minimum absolute atomic E-state index is 0.232. The van der Waals surface area contributed by atoms with E-state index in [1.54, 1.807) is 12.1 Å². The van der Waals surface area contributed by atoms with Crippen LogP contribution in [-0.4, -0.2) is 31.7 Å². The minimum Gasteiger partial charge on any atom is -0.365 e. The fourth-order valence-electron chi connectivity index (χ4n) is 6.81. The van der Waals surface area contributed by atoms with Gasteiger partial charge in [-0.3, -0.25) is 5.32 Å². The Bertz CT molecular complexity index is 1410. The summed E-state index contributed by atoms with van der Waals surface area (Å²) in [5, 5.41) is 6.47. The van der Waals surface area contributed by atoms with E-state index in [0.717, 1.165) is 48.0 Å². The van der Waals surface area contributed by atoms with E-state index in [2.05, 4.69) is 34.5 Å². The highest BCUT2D eigenvalue weighted by atomic mass is 19.1. The van der Waals surface area contributed by atoms with E-state index in [9.17, 15) is 9.18 Å². The number of hydroxylamine groups is 1. The van der Waals surface area contributed by atoms with Crippen molar-refractivity contribution in [1.29, 1.82) is 0 Å². The lowest BCUT2D eigenvalue weighted by molar-refractivity contribution is 0.120. The number of carbonyl (C=O) groups excluding carboxylic acids is 1. The van der Waals surface area contributed by atoms with Crippen LogP contribution in [0, 0.1) is 23.6 Å². The first-order valence-electron chi connectivity index (χ1n) is 14.9. The molecular formula is C30H38FN7O2. The first-order valence-corrected chi connectivity index (χ1v) is 14.9. The van der Waals surface area contributed by atoms with Crippen LogP contribution < -0.4 is 16.1 Å². The maximum absolute atomic E-state index is 13.9. The Hall–Kier alpha value is -3.27. The Kier molecular flexibility index (Phi) is 6.40. The fourth-order valence-corrected chi connectivity index (χ4v) is 6.81. The highest BCUT2D eigenvalue weighted by Crippen LogP contribution is 2.54. The summed E-state index contributed by atoms with van der Waals surface area (Å²) in [6.45, 7) is 5.43. The van der Waals surface area contributed by atoms with Gasteiger partial charge < -0.3 is 14.7 Å². The van der Waals surface area contributed by atoms with Gasteiger partial charge in [-0.1, -0.05) is 38.3 Å². The highest BCUT2D eigenvalue weighted by molar-refractivity contribution is 5.85. The molecule has 1 unspecified atom stereocenters. The number of fused-ring (bicyclic) bond motifs is 1. The van der Waals surface area contributed by atoms with Crippen molar-refractivity contribution in [2.75, 3.05) is 5.32 Å². The van der Waals surface area contributed by atoms with E-state index >= 15 is 0 Å². The number of nitrogens with zero attached hydrogens (tertiary/aromatic N) is 4. The largest absolute Gasteiger partial charge is 0.427 e. The van der Waals surface area contributed by atoms with Crippen LogP contribution in [0.4, 0.5) is 15.0 Å². The van der Waals surface area contributed by atoms with E-state index < -0.39 is 12.3 Å². The van der Waals surface area contributed by atoms with E-state index in [4.69, 9.17) is 19.8 Å². The average molecular weight is 548 g/mol. The molecule has 1 aromatic carbocycles. The average Bonchev–Trinajstić information content (AvgIpc) is 3.45. The summed E-state index contributed by atoms with van der Waals surface area (Å²) in [6, 6.07) is 7.14. The van der Waals surface area contributed by atoms with Crippen LogP contribution in [0.3, 0.4) is 0 Å². The van der Waals surface area contributed by atoms with Crippen LogP contribution in [0.2, 0.25) is 0 Å². The monoisotopic (exact) mass is 547 g/mol. The predicted molar refractivity (Wildman–Crippen MR) is 149 cm³/mol. The van der Waals surface area contributed by atoms with E-state index in [1.165, 1.54) is 44.9 Å². The quantitative estimate of drug-likeness (QED) is 0.331. The van der Waals surface area contributed by atoms with Crippen molar-refractivity contribution in [2.45, 2.75) is 95.8 Å². The number of nitrogens with one attached hydrogen (secondary N) is 3. The van der Waals surface area contributed by atoms with Gasteiger partial charge in [0.1, 0.15) is 17.2 Å². The summed E-state index contributed by atoms with van der Waals surface area (Å²) in [5.74, 6) is 3.84. The molecule has 40 heavy (non-hydrogen) atoms. The molecule has 0 radical (unpaired) electrons. The van der Waals surface area contributed by atoms with Gasteiger partial charge in [0.25, 0.3) is 0 Å². The van der Waals surface area contributed by atoms with Crippen LogP contribution in [0.15, 0.2) is 24.3 Å². The molecule has 4 aliphatic rings. The lowest BCUT2D eigenvalue weighted by Gasteiger charge is -2.32. The molecule has 9 nitrogen and oxygen atoms in total. The Morgan fingerprint density at radius 2 is 1.85 bits per heavy atom. The van der Waals surface area contributed by atoms with Gasteiger partial charge in [0.05, 0.1) is 5.41 Å². The van der Waals surface area contributed by atoms with E-state index in [-0.39, 0.29) is 17.3 Å². The molecule has 3 N–H and O–H groups in total. The van der Waals surface area contributed by atoms with Crippen molar-refractivity contribution in [2.24, 2.45) is 17.8 Å². The number of aromatic nitrogens is 4. The van der Waals surface area contributed by atoms with Gasteiger partial charge in [0, 0.05) is 12.6 Å². The molecule has 2 aromatic heterocycles. The Balaban J connectivity index is 1.37. The molecule has 3 aliphatic carbocycles. The Labute approximate surface area is 233 Å². The van der Waals surface area contributed by atoms with Crippen LogP contribution in [0.25, 0.3) is 11.2 Å². The first kappa shape index (κ1) is 25.7. The lowest BCUT2D eigenvalue weighted by atomic mass is 9.80. The molecule has 0 spiro atoms. The fraction of sp³-hybridized carbons (Fsp3) is 0.600. The molecule has 4 fully saturated rings. The zero-order chi connectivity index (χ0) is 27.4. The normalized spacial score (nSPS) is 26.7. The smallest absolute Gasteiger partial charge is 0.365 e. The van der Waals surface area contributed by atoms with Gasteiger partial charge in [0.15, 0.2) is 23.5 Å². The number of benzene rings is 1. The zero-order valence-corrected chi connectivity index (χ0v) is 23.3. The second-order valence-corrected chi connectivity index (χ2v) is 12.6. The number of rotatable bonds is 8. The van der Waals surface area contributed by atoms with E-state index in [1.807, 2.05) is 12.1 Å². The van der Waals surface area contributed by atoms with Gasteiger partial charge >= 0.3 is 6.09 Å². The Morgan fingerprint density at radius 3 is 2.48 bits per heavy atom. The standard InChI is InChI=1S/C30H38FN7O2/c1-17-6-8-19(9-7-17)16-38-23-24(32-18(2)20-4-3-5-20)33-26(27-36-29(39)40-37-27)34-25(23)35-28(38)30(14-15-30)21-10-12-22(31)13-11-21/h10-13,17-20,27,37H,3-9,14-16H2,1-2H3,(H,36,39)(H,32,33,34)/t17?,18-,19?,27?/m1/s1. The molecule has 1 amide bonds. The molecule has 7 rings (SSSR count). The molecule has 1 saturated heterocycles. The maximum atomic E-state index is 13.9. The van der Waals surface area contributed by atoms with E-state index in [0.29, 0.717) is 23.3 Å². The number of imidazole rings is 1. The predicted octanol–water partition coefficient (Wildman–Crippen LogP) is 5.72.